The number of anilines is 2. The number of nitrogens with one attached hydrogen (secondary N) is 3. The van der Waals surface area contributed by atoms with Crippen LogP contribution < -0.4 is 16.0 Å². The predicted molar refractivity (Wildman–Crippen MR) is 110 cm³/mol. The minimum atomic E-state index is -0.517. The molecular formula is C20H22BrN3O3. The van der Waals surface area contributed by atoms with Crippen molar-refractivity contribution in [3.8, 4) is 0 Å². The maximum Gasteiger partial charge on any atom is 0.251 e. The van der Waals surface area contributed by atoms with Gasteiger partial charge in [-0.05, 0) is 42.5 Å². The molecule has 3 N–H and O–H groups in total. The van der Waals surface area contributed by atoms with Crippen LogP contribution in [0.15, 0.2) is 53.0 Å². The van der Waals surface area contributed by atoms with E-state index in [1.165, 1.54) is 0 Å². The molecule has 7 heteroatoms. The third-order valence-electron chi connectivity index (χ3n) is 3.60. The minimum Gasteiger partial charge on any atom is -0.343 e. The van der Waals surface area contributed by atoms with Crippen LogP contribution in [0.25, 0.3) is 0 Å². The molecule has 0 aliphatic rings. The van der Waals surface area contributed by atoms with Crippen molar-refractivity contribution >= 4 is 45.0 Å². The molecule has 0 radical (unpaired) electrons. The molecule has 0 spiro atoms. The van der Waals surface area contributed by atoms with Gasteiger partial charge in [0.25, 0.3) is 5.91 Å². The second-order valence-electron chi connectivity index (χ2n) is 7.02. The van der Waals surface area contributed by atoms with Gasteiger partial charge in [-0.15, -0.1) is 0 Å². The minimum absolute atomic E-state index is 0.118. The maximum absolute atomic E-state index is 12.1. The number of amides is 3. The van der Waals surface area contributed by atoms with Gasteiger partial charge in [0.2, 0.25) is 11.8 Å². The summed E-state index contributed by atoms with van der Waals surface area (Å²) in [5, 5.41) is 8.07. The fourth-order valence-corrected chi connectivity index (χ4v) is 2.33. The normalized spacial score (nSPS) is 10.8. The third kappa shape index (κ3) is 6.53. The highest BCUT2D eigenvalue weighted by atomic mass is 79.9. The molecule has 0 heterocycles. The van der Waals surface area contributed by atoms with Crippen LogP contribution >= 0.6 is 15.9 Å². The molecule has 3 amide bonds. The van der Waals surface area contributed by atoms with Crippen LogP contribution in [-0.2, 0) is 9.59 Å². The average molecular weight is 432 g/mol. The highest BCUT2D eigenvalue weighted by Gasteiger charge is 2.21. The van der Waals surface area contributed by atoms with E-state index in [0.29, 0.717) is 16.9 Å². The fraction of sp³-hybridized carbons (Fsp3) is 0.250. The monoisotopic (exact) mass is 431 g/mol. The molecule has 0 unspecified atom stereocenters. The summed E-state index contributed by atoms with van der Waals surface area (Å²) in [5.41, 5.74) is 1.07. The highest BCUT2D eigenvalue weighted by molar-refractivity contribution is 9.10. The van der Waals surface area contributed by atoms with Gasteiger partial charge in [0, 0.05) is 26.8 Å². The lowest BCUT2D eigenvalue weighted by Gasteiger charge is -2.18. The Morgan fingerprint density at radius 1 is 0.926 bits per heavy atom. The first kappa shape index (κ1) is 20.6. The smallest absolute Gasteiger partial charge is 0.251 e. The number of rotatable bonds is 5. The van der Waals surface area contributed by atoms with Crippen molar-refractivity contribution in [1.82, 2.24) is 5.32 Å². The van der Waals surface area contributed by atoms with Crippen LogP contribution in [0.4, 0.5) is 11.4 Å². The lowest BCUT2D eigenvalue weighted by atomic mass is 9.95. The van der Waals surface area contributed by atoms with Gasteiger partial charge in [0.1, 0.15) is 0 Å². The summed E-state index contributed by atoms with van der Waals surface area (Å²) in [6.07, 6.45) is 0. The van der Waals surface area contributed by atoms with Crippen LogP contribution in [0.5, 0.6) is 0 Å². The molecule has 0 saturated carbocycles. The van der Waals surface area contributed by atoms with E-state index in [0.717, 1.165) is 4.47 Å². The van der Waals surface area contributed by atoms with Crippen LogP contribution in [0.1, 0.15) is 31.1 Å². The summed E-state index contributed by atoms with van der Waals surface area (Å²) in [7, 11) is 0. The van der Waals surface area contributed by atoms with Crippen molar-refractivity contribution < 1.29 is 14.4 Å². The van der Waals surface area contributed by atoms with Crippen molar-refractivity contribution in [3.63, 3.8) is 0 Å². The summed E-state index contributed by atoms with van der Waals surface area (Å²) in [6.45, 7) is 5.31. The van der Waals surface area contributed by atoms with Crippen molar-refractivity contribution in [2.24, 2.45) is 5.41 Å². The molecule has 142 valence electrons. The van der Waals surface area contributed by atoms with Gasteiger partial charge in [-0.3, -0.25) is 14.4 Å². The molecule has 6 nitrogen and oxygen atoms in total. The van der Waals surface area contributed by atoms with Gasteiger partial charge in [0.15, 0.2) is 0 Å². The Kier molecular flexibility index (Phi) is 6.74. The molecule has 0 saturated heterocycles. The first-order valence-electron chi connectivity index (χ1n) is 8.40. The molecule has 27 heavy (non-hydrogen) atoms. The van der Waals surface area contributed by atoms with E-state index < -0.39 is 5.41 Å². The van der Waals surface area contributed by atoms with Gasteiger partial charge >= 0.3 is 0 Å². The number of halogens is 1. The maximum atomic E-state index is 12.1. The summed E-state index contributed by atoms with van der Waals surface area (Å²) < 4.78 is 0.871. The van der Waals surface area contributed by atoms with E-state index in [9.17, 15) is 14.4 Å². The van der Waals surface area contributed by atoms with Crippen molar-refractivity contribution in [1.29, 1.82) is 0 Å². The zero-order valence-electron chi connectivity index (χ0n) is 15.4. The Balaban J connectivity index is 1.90. The number of hydrogen-bond acceptors (Lipinski definition) is 3. The molecule has 0 aliphatic carbocycles. The summed E-state index contributed by atoms with van der Waals surface area (Å²) >= 11 is 3.30. The summed E-state index contributed by atoms with van der Waals surface area (Å²) in [4.78, 5) is 36.2. The summed E-state index contributed by atoms with van der Waals surface area (Å²) in [6, 6.07) is 13.7. The van der Waals surface area contributed by atoms with Crippen LogP contribution in [0, 0.1) is 5.41 Å². The van der Waals surface area contributed by atoms with E-state index in [1.54, 1.807) is 48.5 Å². The average Bonchev–Trinajstić information content (AvgIpc) is 2.60. The molecule has 0 bridgehead atoms. The second kappa shape index (κ2) is 8.81. The Bertz CT molecular complexity index is 842. The van der Waals surface area contributed by atoms with E-state index in [4.69, 9.17) is 0 Å². The van der Waals surface area contributed by atoms with Gasteiger partial charge in [-0.2, -0.15) is 0 Å². The number of carbonyl (C=O) groups is 3. The van der Waals surface area contributed by atoms with Crippen LogP contribution in [0.2, 0.25) is 0 Å². The molecule has 0 aromatic heterocycles. The van der Waals surface area contributed by atoms with Gasteiger partial charge in [0.05, 0.1) is 6.54 Å². The van der Waals surface area contributed by atoms with Crippen molar-refractivity contribution in [2.75, 3.05) is 17.2 Å². The Hall–Kier alpha value is -2.67. The zero-order chi connectivity index (χ0) is 20.0. The molecule has 2 aromatic rings. The third-order valence-corrected chi connectivity index (χ3v) is 4.13. The van der Waals surface area contributed by atoms with Crippen LogP contribution in [-0.4, -0.2) is 24.3 Å². The summed E-state index contributed by atoms with van der Waals surface area (Å²) in [5.74, 6) is -0.809. The number of hydrogen-bond donors (Lipinski definition) is 3. The Labute approximate surface area is 166 Å². The van der Waals surface area contributed by atoms with E-state index in [1.807, 2.05) is 20.8 Å². The number of carbonyl (C=O) groups excluding carboxylic acids is 3. The Morgan fingerprint density at radius 3 is 2.11 bits per heavy atom. The predicted octanol–water partition coefficient (Wildman–Crippen LogP) is 3.80. The second-order valence-corrected chi connectivity index (χ2v) is 7.94. The molecule has 0 fully saturated rings. The van der Waals surface area contributed by atoms with Gasteiger partial charge in [-0.25, -0.2) is 0 Å². The zero-order valence-corrected chi connectivity index (χ0v) is 17.0. The number of benzene rings is 2. The van der Waals surface area contributed by atoms with Crippen LogP contribution in [0.3, 0.4) is 0 Å². The van der Waals surface area contributed by atoms with Gasteiger partial charge < -0.3 is 16.0 Å². The van der Waals surface area contributed by atoms with E-state index in [2.05, 4.69) is 31.9 Å². The molecule has 0 atom stereocenters. The van der Waals surface area contributed by atoms with Gasteiger partial charge in [-0.1, -0.05) is 42.8 Å². The van der Waals surface area contributed by atoms with Crippen molar-refractivity contribution in [2.45, 2.75) is 20.8 Å². The van der Waals surface area contributed by atoms with E-state index >= 15 is 0 Å². The molecular weight excluding hydrogens is 410 g/mol. The molecule has 0 aliphatic heterocycles. The standard InChI is InChI=1S/C20H22BrN3O3/c1-20(2,3)19(27)24-16-6-4-5-15(11-16)23-17(25)12-22-18(26)13-7-9-14(21)10-8-13/h4-11H,12H2,1-3H3,(H,22,26)(H,23,25)(H,24,27). The molecule has 2 aromatic carbocycles. The first-order valence-corrected chi connectivity index (χ1v) is 9.19. The lowest BCUT2D eigenvalue weighted by molar-refractivity contribution is -0.123. The topological polar surface area (TPSA) is 87.3 Å². The van der Waals surface area contributed by atoms with Crippen molar-refractivity contribution in [3.05, 3.63) is 58.6 Å². The largest absolute Gasteiger partial charge is 0.343 e. The van der Waals surface area contributed by atoms with E-state index in [-0.39, 0.29) is 24.3 Å². The first-order chi connectivity index (χ1) is 12.6. The quantitative estimate of drug-likeness (QED) is 0.672. The fourth-order valence-electron chi connectivity index (χ4n) is 2.06. The SMILES string of the molecule is CC(C)(C)C(=O)Nc1cccc(NC(=O)CNC(=O)c2ccc(Br)cc2)c1. The Morgan fingerprint density at radius 2 is 1.52 bits per heavy atom. The molecule has 2 rings (SSSR count). The lowest BCUT2D eigenvalue weighted by Crippen LogP contribution is -2.32. The highest BCUT2D eigenvalue weighted by Crippen LogP contribution is 2.20.